The van der Waals surface area contributed by atoms with E-state index in [9.17, 15) is 0 Å². The second-order valence-corrected chi connectivity index (χ2v) is 4.84. The van der Waals surface area contributed by atoms with Gasteiger partial charge in [-0.2, -0.15) is 0 Å². The summed E-state index contributed by atoms with van der Waals surface area (Å²) in [6.45, 7) is 6.33. The van der Waals surface area contributed by atoms with Crippen LogP contribution in [0.3, 0.4) is 0 Å². The van der Waals surface area contributed by atoms with Crippen molar-refractivity contribution in [2.24, 2.45) is 0 Å². The maximum atomic E-state index is 6.01. The lowest BCUT2D eigenvalue weighted by Gasteiger charge is -2.01. The van der Waals surface area contributed by atoms with E-state index in [4.69, 9.17) is 10.2 Å². The van der Waals surface area contributed by atoms with E-state index in [0.717, 1.165) is 23.4 Å². The molecule has 17 heavy (non-hydrogen) atoms. The molecule has 1 aromatic heterocycles. The average Bonchev–Trinajstić information content (AvgIpc) is 2.71. The van der Waals surface area contributed by atoms with Crippen molar-refractivity contribution in [1.82, 2.24) is 4.98 Å². The molecule has 0 spiro atoms. The third-order valence-corrected chi connectivity index (χ3v) is 2.91. The minimum Gasteiger partial charge on any atom is -0.438 e. The zero-order valence-corrected chi connectivity index (χ0v) is 10.8. The fourth-order valence-corrected chi connectivity index (χ4v) is 1.91. The Morgan fingerprint density at radius 2 is 2.12 bits per heavy atom. The van der Waals surface area contributed by atoms with Crippen LogP contribution in [0.25, 0.3) is 11.1 Å². The van der Waals surface area contributed by atoms with E-state index < -0.39 is 0 Å². The minimum atomic E-state index is 0.292. The highest BCUT2D eigenvalue weighted by molar-refractivity contribution is 5.85. The van der Waals surface area contributed by atoms with Gasteiger partial charge >= 0.3 is 0 Å². The van der Waals surface area contributed by atoms with Crippen LogP contribution < -0.4 is 5.73 Å². The first-order chi connectivity index (χ1) is 8.11. The number of fused-ring (bicyclic) bond motifs is 1. The minimum absolute atomic E-state index is 0.292. The Bertz CT molecular complexity index is 514. The van der Waals surface area contributed by atoms with E-state index in [2.05, 4.69) is 31.8 Å². The Morgan fingerprint density at radius 1 is 1.35 bits per heavy atom. The summed E-state index contributed by atoms with van der Waals surface area (Å²) in [6.07, 6.45) is 3.42. The lowest BCUT2D eigenvalue weighted by atomic mass is 10.1. The smallest absolute Gasteiger partial charge is 0.198 e. The van der Waals surface area contributed by atoms with Crippen LogP contribution in [0.4, 0.5) is 5.69 Å². The number of aromatic nitrogens is 1. The average molecular weight is 232 g/mol. The van der Waals surface area contributed by atoms with Gasteiger partial charge in [-0.15, -0.1) is 0 Å². The van der Waals surface area contributed by atoms with Crippen LogP contribution in [-0.4, -0.2) is 4.98 Å². The quantitative estimate of drug-likeness (QED) is 0.814. The maximum absolute atomic E-state index is 6.01. The number of benzene rings is 1. The highest BCUT2D eigenvalue weighted by atomic mass is 16.3. The first-order valence-electron chi connectivity index (χ1n) is 6.30. The SMILES string of the molecule is CCCCc1cc(N)c2oc(C(C)C)nc2c1. The monoisotopic (exact) mass is 232 g/mol. The molecule has 0 fully saturated rings. The number of anilines is 1. The molecule has 2 N–H and O–H groups in total. The number of oxazole rings is 1. The van der Waals surface area contributed by atoms with Crippen molar-refractivity contribution < 1.29 is 4.42 Å². The van der Waals surface area contributed by atoms with Gasteiger partial charge in [0.25, 0.3) is 0 Å². The topological polar surface area (TPSA) is 52.0 Å². The molecule has 0 radical (unpaired) electrons. The van der Waals surface area contributed by atoms with Crippen LogP contribution in [0.2, 0.25) is 0 Å². The Balaban J connectivity index is 2.42. The predicted octanol–water partition coefficient (Wildman–Crippen LogP) is 3.88. The number of nitrogens with two attached hydrogens (primary N) is 1. The van der Waals surface area contributed by atoms with Crippen molar-refractivity contribution in [3.05, 3.63) is 23.6 Å². The molecule has 1 aromatic carbocycles. The van der Waals surface area contributed by atoms with Gasteiger partial charge in [-0.1, -0.05) is 27.2 Å². The van der Waals surface area contributed by atoms with E-state index in [1.165, 1.54) is 18.4 Å². The van der Waals surface area contributed by atoms with Crippen molar-refractivity contribution >= 4 is 16.8 Å². The van der Waals surface area contributed by atoms with E-state index in [0.29, 0.717) is 11.6 Å². The van der Waals surface area contributed by atoms with E-state index >= 15 is 0 Å². The van der Waals surface area contributed by atoms with Crippen molar-refractivity contribution in [3.8, 4) is 0 Å². The lowest BCUT2D eigenvalue weighted by molar-refractivity contribution is 0.502. The Hall–Kier alpha value is -1.51. The molecule has 0 atom stereocenters. The molecule has 0 amide bonds. The lowest BCUT2D eigenvalue weighted by Crippen LogP contribution is -1.90. The number of aryl methyl sites for hydroxylation is 1. The maximum Gasteiger partial charge on any atom is 0.198 e. The van der Waals surface area contributed by atoms with E-state index in [-0.39, 0.29) is 0 Å². The highest BCUT2D eigenvalue weighted by Gasteiger charge is 2.12. The molecule has 92 valence electrons. The normalized spacial score (nSPS) is 11.5. The fourth-order valence-electron chi connectivity index (χ4n) is 1.91. The zero-order valence-electron chi connectivity index (χ0n) is 10.8. The zero-order chi connectivity index (χ0) is 12.4. The van der Waals surface area contributed by atoms with Crippen LogP contribution in [0.15, 0.2) is 16.5 Å². The van der Waals surface area contributed by atoms with Gasteiger partial charge in [-0.05, 0) is 30.5 Å². The summed E-state index contributed by atoms with van der Waals surface area (Å²) >= 11 is 0. The van der Waals surface area contributed by atoms with Crippen molar-refractivity contribution in [2.75, 3.05) is 5.73 Å². The summed E-state index contributed by atoms with van der Waals surface area (Å²) < 4.78 is 5.68. The van der Waals surface area contributed by atoms with Crippen LogP contribution in [0, 0.1) is 0 Å². The molecule has 1 heterocycles. The van der Waals surface area contributed by atoms with Gasteiger partial charge < -0.3 is 10.2 Å². The summed E-state index contributed by atoms with van der Waals surface area (Å²) in [4.78, 5) is 4.50. The van der Waals surface area contributed by atoms with Crippen LogP contribution in [0.1, 0.15) is 51.0 Å². The number of unbranched alkanes of at least 4 members (excludes halogenated alkanes) is 1. The van der Waals surface area contributed by atoms with Gasteiger partial charge in [0.2, 0.25) is 0 Å². The summed E-state index contributed by atoms with van der Waals surface area (Å²) in [5.41, 5.74) is 9.58. The first-order valence-corrected chi connectivity index (χ1v) is 6.30. The van der Waals surface area contributed by atoms with Gasteiger partial charge in [-0.3, -0.25) is 0 Å². The van der Waals surface area contributed by atoms with E-state index in [1.54, 1.807) is 0 Å². The van der Waals surface area contributed by atoms with Crippen molar-refractivity contribution in [2.45, 2.75) is 46.0 Å². The van der Waals surface area contributed by atoms with Gasteiger partial charge in [-0.25, -0.2) is 4.98 Å². The number of hydrogen-bond donors (Lipinski definition) is 1. The summed E-state index contributed by atoms with van der Waals surface area (Å²) in [6, 6.07) is 4.10. The third kappa shape index (κ3) is 2.43. The fraction of sp³-hybridized carbons (Fsp3) is 0.500. The second kappa shape index (κ2) is 4.78. The summed E-state index contributed by atoms with van der Waals surface area (Å²) in [5, 5.41) is 0. The number of nitrogens with zero attached hydrogens (tertiary/aromatic N) is 1. The molecule has 0 saturated carbocycles. The van der Waals surface area contributed by atoms with E-state index in [1.807, 2.05) is 6.07 Å². The van der Waals surface area contributed by atoms with Crippen LogP contribution >= 0.6 is 0 Å². The molecule has 0 unspecified atom stereocenters. The summed E-state index contributed by atoms with van der Waals surface area (Å²) in [7, 11) is 0. The predicted molar refractivity (Wildman–Crippen MR) is 71.1 cm³/mol. The Morgan fingerprint density at radius 3 is 2.76 bits per heavy atom. The highest BCUT2D eigenvalue weighted by Crippen LogP contribution is 2.27. The number of hydrogen-bond acceptors (Lipinski definition) is 3. The second-order valence-electron chi connectivity index (χ2n) is 4.84. The van der Waals surface area contributed by atoms with Crippen molar-refractivity contribution in [1.29, 1.82) is 0 Å². The molecule has 0 aliphatic heterocycles. The molecule has 3 heteroatoms. The Kier molecular flexibility index (Phi) is 3.36. The standard InChI is InChI=1S/C14H20N2O/c1-4-5-6-10-7-11(15)13-12(8-10)16-14(17-13)9(2)3/h7-9H,4-6,15H2,1-3H3. The molecule has 0 bridgehead atoms. The van der Waals surface area contributed by atoms with Gasteiger partial charge in [0.15, 0.2) is 11.5 Å². The molecule has 2 aromatic rings. The molecule has 0 aliphatic carbocycles. The summed E-state index contributed by atoms with van der Waals surface area (Å²) in [5.74, 6) is 1.06. The third-order valence-electron chi connectivity index (χ3n) is 2.91. The Labute approximate surface area is 102 Å². The number of nitrogen functional groups attached to an aromatic ring is 1. The van der Waals surface area contributed by atoms with Crippen LogP contribution in [-0.2, 0) is 6.42 Å². The molecule has 0 aliphatic rings. The molecule has 3 nitrogen and oxygen atoms in total. The van der Waals surface area contributed by atoms with Gasteiger partial charge in [0.05, 0.1) is 5.69 Å². The molecule has 2 rings (SSSR count). The molecule has 0 saturated heterocycles. The largest absolute Gasteiger partial charge is 0.438 e. The van der Waals surface area contributed by atoms with Gasteiger partial charge in [0.1, 0.15) is 5.52 Å². The van der Waals surface area contributed by atoms with Crippen molar-refractivity contribution in [3.63, 3.8) is 0 Å². The molecular weight excluding hydrogens is 212 g/mol. The van der Waals surface area contributed by atoms with Crippen LogP contribution in [0.5, 0.6) is 0 Å². The molecular formula is C14H20N2O. The van der Waals surface area contributed by atoms with Gasteiger partial charge in [0, 0.05) is 5.92 Å². The number of rotatable bonds is 4. The first kappa shape index (κ1) is 12.0.